The Morgan fingerprint density at radius 1 is 0.600 bits per heavy atom. The van der Waals surface area contributed by atoms with Crippen molar-refractivity contribution in [2.24, 2.45) is 0 Å². The molecule has 0 bridgehead atoms. The van der Waals surface area contributed by atoms with Crippen LogP contribution in [0.3, 0.4) is 0 Å². The predicted octanol–water partition coefficient (Wildman–Crippen LogP) is 8.35. The Kier molecular flexibility index (Phi) is 44.5. The van der Waals surface area contributed by atoms with Gasteiger partial charge in [-0.3, -0.25) is 4.55 Å². The molecule has 1 N–H and O–H groups in total. The molecule has 0 fully saturated rings. The number of hydrogen-bond acceptors (Lipinski definition) is 2. The highest BCUT2D eigenvalue weighted by atomic mass is 35.5. The molecule has 0 spiro atoms. The molecule has 40 heavy (non-hydrogen) atoms. The van der Waals surface area contributed by atoms with E-state index >= 15 is 0 Å². The normalized spacial score (nSPS) is 10.8. The van der Waals surface area contributed by atoms with Crippen LogP contribution in [-0.4, -0.2) is 43.6 Å². The first-order valence-electron chi connectivity index (χ1n) is 12.5. The van der Waals surface area contributed by atoms with Crippen LogP contribution in [-0.2, 0) is 10.1 Å². The summed E-state index contributed by atoms with van der Waals surface area (Å²) in [4.78, 5) is -0.0513. The van der Waals surface area contributed by atoms with Gasteiger partial charge in [0.05, 0.1) is 31.1 Å². The number of hydrogen-bond donors (Lipinski definition) is 1. The molecule has 0 heterocycles. The van der Waals surface area contributed by atoms with E-state index in [0.717, 1.165) is 12.0 Å². The summed E-state index contributed by atoms with van der Waals surface area (Å²) in [5.74, 6) is 1.12. The molecule has 0 radical (unpaired) electrons. The lowest BCUT2D eigenvalue weighted by molar-refractivity contribution is -0.921. The fraction of sp³-hybridized carbons (Fsp3) is 0.647. The second-order valence-electron chi connectivity index (χ2n) is 8.68. The van der Waals surface area contributed by atoms with Crippen LogP contribution >= 0.6 is 0 Å². The van der Waals surface area contributed by atoms with Crippen molar-refractivity contribution in [1.82, 2.24) is 0 Å². The fourth-order valence-electron chi connectivity index (χ4n) is 3.56. The summed E-state index contributed by atoms with van der Waals surface area (Å²) in [5, 5.41) is 0. The van der Waals surface area contributed by atoms with Gasteiger partial charge in [0.2, 0.25) is 0 Å². The van der Waals surface area contributed by atoms with Crippen molar-refractivity contribution in [3.05, 3.63) is 65.7 Å². The molecule has 6 heteroatoms. The maximum absolute atomic E-state index is 10.7. The molecule has 0 saturated carbocycles. The summed E-state index contributed by atoms with van der Waals surface area (Å²) in [6.45, 7) is 22.8. The maximum atomic E-state index is 10.7. The van der Waals surface area contributed by atoms with Crippen molar-refractivity contribution in [1.29, 1.82) is 0 Å². The van der Waals surface area contributed by atoms with Gasteiger partial charge in [-0.25, -0.2) is 0 Å². The number of quaternary nitrogens is 1. The maximum Gasteiger partial charge on any atom is 0.294 e. The van der Waals surface area contributed by atoms with Crippen LogP contribution in [0.25, 0.3) is 0 Å². The molecule has 2 unspecified atom stereocenters. The van der Waals surface area contributed by atoms with Gasteiger partial charge >= 0.3 is 0 Å². The van der Waals surface area contributed by atoms with E-state index in [4.69, 9.17) is 4.55 Å². The molecule has 244 valence electrons. The summed E-state index contributed by atoms with van der Waals surface area (Å²) in [6.07, 6.45) is 2.23. The highest BCUT2D eigenvalue weighted by Gasteiger charge is 2.16. The highest BCUT2D eigenvalue weighted by Crippen LogP contribution is 2.20. The average molecular weight is 610 g/mol. The Labute approximate surface area is 260 Å². The summed E-state index contributed by atoms with van der Waals surface area (Å²) < 4.78 is 31.5. The summed E-state index contributed by atoms with van der Waals surface area (Å²) in [5.41, 5.74) is 2.53. The van der Waals surface area contributed by atoms with Crippen LogP contribution in [0.2, 0.25) is 0 Å². The van der Waals surface area contributed by atoms with Gasteiger partial charge in [-0.15, -0.1) is 0 Å². The molecule has 2 atom stereocenters. The van der Waals surface area contributed by atoms with Gasteiger partial charge in [0, 0.05) is 0 Å². The van der Waals surface area contributed by atoms with E-state index in [-0.39, 0.29) is 61.9 Å². The van der Waals surface area contributed by atoms with Crippen molar-refractivity contribution in [3.63, 3.8) is 0 Å². The van der Waals surface area contributed by atoms with Crippen molar-refractivity contribution < 1.29 is 29.9 Å². The van der Waals surface area contributed by atoms with Crippen LogP contribution in [0.1, 0.15) is 136 Å². The zero-order valence-electron chi connectivity index (χ0n) is 22.6. The van der Waals surface area contributed by atoms with E-state index < -0.39 is 10.1 Å². The largest absolute Gasteiger partial charge is 1.00 e. The Morgan fingerprint density at radius 2 is 0.900 bits per heavy atom. The Morgan fingerprint density at radius 3 is 1.12 bits per heavy atom. The quantitative estimate of drug-likeness (QED) is 0.229. The first-order chi connectivity index (χ1) is 15.5. The fourth-order valence-corrected chi connectivity index (χ4v) is 4.04. The smallest absolute Gasteiger partial charge is 0.294 e. The van der Waals surface area contributed by atoms with Crippen LogP contribution in [0, 0.1) is 0 Å². The molecular weight excluding hydrogens is 538 g/mol. The Balaban J connectivity index is -0.0000000603. The van der Waals surface area contributed by atoms with E-state index in [9.17, 15) is 8.42 Å². The third-order valence-corrected chi connectivity index (χ3v) is 7.89. The molecule has 0 aliphatic heterocycles. The highest BCUT2D eigenvalue weighted by molar-refractivity contribution is 7.85. The predicted molar refractivity (Wildman–Crippen MR) is 183 cm³/mol. The average Bonchev–Trinajstić information content (AvgIpc) is 2.85. The van der Waals surface area contributed by atoms with E-state index in [2.05, 4.69) is 85.7 Å². The third kappa shape index (κ3) is 21.4. The van der Waals surface area contributed by atoms with Crippen molar-refractivity contribution in [3.8, 4) is 0 Å². The molecule has 0 saturated heterocycles. The first kappa shape index (κ1) is 58.3. The third-order valence-electron chi connectivity index (χ3n) is 7.02. The molecule has 2 aromatic carbocycles. The van der Waals surface area contributed by atoms with E-state index in [0.29, 0.717) is 11.8 Å². The van der Waals surface area contributed by atoms with Crippen molar-refractivity contribution in [2.45, 2.75) is 130 Å². The van der Waals surface area contributed by atoms with E-state index in [1.165, 1.54) is 54.8 Å². The zero-order valence-corrected chi connectivity index (χ0v) is 24.2. The van der Waals surface area contributed by atoms with Crippen molar-refractivity contribution in [2.75, 3.05) is 26.2 Å². The van der Waals surface area contributed by atoms with Crippen LogP contribution in [0.15, 0.2) is 59.5 Å². The Hall–Kier alpha value is -1.40. The van der Waals surface area contributed by atoms with E-state index in [1.807, 2.05) is 0 Å². The monoisotopic (exact) mass is 609 g/mol. The topological polar surface area (TPSA) is 54.4 Å². The number of rotatable bonds is 9. The minimum atomic E-state index is -4.05. The lowest BCUT2D eigenvalue weighted by atomic mass is 9.99. The van der Waals surface area contributed by atoms with Gasteiger partial charge in [-0.2, -0.15) is 8.42 Å². The molecule has 4 nitrogen and oxygen atoms in total. The molecule has 0 aliphatic carbocycles. The standard InChI is InChI=1S/C10H14O3S.C10H14.C8H20N.6CH4.ClH/c1-3-8(2)9-4-6-10(7-5-9)14(11,12)13;1-3-9(2)10-7-5-4-6-8-10;1-5-9(6-2,7-3)8-4;;;;;;;/h4-8H,3H2,1-2H3,(H,11,12,13);4-9H,3H2,1-2H3;5-8H2,1-4H3;6*1H4;1H/q;;+1;;;;;;;/p-1. The SMILES string of the molecule is C.C.C.C.C.C.CCC(C)c1ccc(S(=O)(=O)O)cc1.CCC(C)c1ccccc1.CC[N+](CC)(CC)CC.[Cl-]. The summed E-state index contributed by atoms with van der Waals surface area (Å²) >= 11 is 0. The van der Waals surface area contributed by atoms with Crippen LogP contribution in [0.4, 0.5) is 0 Å². The van der Waals surface area contributed by atoms with Crippen LogP contribution in [0.5, 0.6) is 0 Å². The minimum Gasteiger partial charge on any atom is -1.00 e. The molecule has 0 aliphatic rings. The van der Waals surface area contributed by atoms with Gasteiger partial charge in [-0.05, 0) is 75.6 Å². The van der Waals surface area contributed by atoms with Crippen molar-refractivity contribution >= 4 is 10.1 Å². The van der Waals surface area contributed by atoms with Gasteiger partial charge in [0.1, 0.15) is 0 Å². The second-order valence-corrected chi connectivity index (χ2v) is 10.1. The summed E-state index contributed by atoms with van der Waals surface area (Å²) in [7, 11) is -4.05. The molecule has 2 aromatic rings. The molecule has 2 rings (SSSR count). The lowest BCUT2D eigenvalue weighted by Gasteiger charge is -2.34. The minimum absolute atomic E-state index is 0. The molecular formula is C34H72ClNO3S. The first-order valence-corrected chi connectivity index (χ1v) is 13.9. The number of nitrogens with zero attached hydrogens (tertiary/aromatic N) is 1. The van der Waals surface area contributed by atoms with Gasteiger partial charge in [0.25, 0.3) is 10.1 Å². The zero-order chi connectivity index (χ0) is 25.5. The Bertz CT molecular complexity index is 835. The lowest BCUT2D eigenvalue weighted by Crippen LogP contribution is -3.00. The van der Waals surface area contributed by atoms with Gasteiger partial charge in [0.15, 0.2) is 0 Å². The molecule has 0 aromatic heterocycles. The second kappa shape index (κ2) is 30.6. The van der Waals surface area contributed by atoms with Gasteiger partial charge in [-0.1, -0.05) is 115 Å². The summed E-state index contributed by atoms with van der Waals surface area (Å²) in [6, 6.07) is 17.0. The van der Waals surface area contributed by atoms with Crippen LogP contribution < -0.4 is 12.4 Å². The van der Waals surface area contributed by atoms with Gasteiger partial charge < -0.3 is 16.9 Å². The number of benzene rings is 2. The number of halogens is 1. The van der Waals surface area contributed by atoms with E-state index in [1.54, 1.807) is 12.1 Å². The molecule has 0 amide bonds.